The Morgan fingerprint density at radius 2 is 1.15 bits per heavy atom. The van der Waals surface area contributed by atoms with Gasteiger partial charge in [-0.25, -0.2) is 0 Å². The zero-order valence-electron chi connectivity index (χ0n) is 42.5. The molecule has 2 unspecified atom stereocenters. The Labute approximate surface area is 386 Å². The maximum atomic E-state index is 13.0. The van der Waals surface area contributed by atoms with Crippen LogP contribution in [0.25, 0.3) is 0 Å². The van der Waals surface area contributed by atoms with E-state index in [9.17, 15) is 15.0 Å². The molecule has 0 aromatic carbocycles. The van der Waals surface area contributed by atoms with Crippen LogP contribution in [-0.2, 0) is 4.79 Å². The number of carbonyl (C=O) groups is 1. The second-order valence-corrected chi connectivity index (χ2v) is 23.3. The van der Waals surface area contributed by atoms with Crippen LogP contribution in [0.15, 0.2) is 11.6 Å². The third-order valence-electron chi connectivity index (χ3n) is 18.7. The van der Waals surface area contributed by atoms with Crippen LogP contribution in [-0.4, -0.2) is 34.9 Å². The van der Waals surface area contributed by atoms with Gasteiger partial charge in [0.1, 0.15) is 0 Å². The summed E-state index contributed by atoms with van der Waals surface area (Å²) < 4.78 is 0. The van der Waals surface area contributed by atoms with Crippen LogP contribution in [0.1, 0.15) is 286 Å². The number of nitrogens with one attached hydrogen (secondary N) is 1. The molecule has 4 heteroatoms. The van der Waals surface area contributed by atoms with E-state index in [0.29, 0.717) is 36.0 Å². The molecule has 62 heavy (non-hydrogen) atoms. The van der Waals surface area contributed by atoms with Gasteiger partial charge in [0.15, 0.2) is 0 Å². The van der Waals surface area contributed by atoms with Gasteiger partial charge < -0.3 is 15.5 Å². The lowest BCUT2D eigenvalue weighted by Gasteiger charge is -2.66. The molecule has 4 nitrogen and oxygen atoms in total. The van der Waals surface area contributed by atoms with Crippen molar-refractivity contribution in [3.05, 3.63) is 11.6 Å². The van der Waals surface area contributed by atoms with Crippen LogP contribution in [0.4, 0.5) is 0 Å². The van der Waals surface area contributed by atoms with E-state index in [1.807, 2.05) is 0 Å². The Morgan fingerprint density at radius 3 is 1.73 bits per heavy atom. The highest BCUT2D eigenvalue weighted by Crippen LogP contribution is 2.71. The smallest absolute Gasteiger partial charge is 0.220 e. The van der Waals surface area contributed by atoms with Crippen molar-refractivity contribution in [2.24, 2.45) is 45.8 Å². The van der Waals surface area contributed by atoms with Gasteiger partial charge in [-0.05, 0) is 149 Å². The van der Waals surface area contributed by atoms with Crippen molar-refractivity contribution in [3.63, 3.8) is 0 Å². The van der Waals surface area contributed by atoms with Crippen LogP contribution >= 0.6 is 0 Å². The molecule has 0 heterocycles. The van der Waals surface area contributed by atoms with Gasteiger partial charge in [-0.2, -0.15) is 0 Å². The van der Waals surface area contributed by atoms with Crippen molar-refractivity contribution >= 4 is 5.91 Å². The number of hydrogen-bond acceptors (Lipinski definition) is 3. The number of rotatable bonds is 34. The largest absolute Gasteiger partial charge is 0.393 e. The van der Waals surface area contributed by atoms with Crippen molar-refractivity contribution in [1.82, 2.24) is 5.32 Å². The van der Waals surface area contributed by atoms with Crippen LogP contribution < -0.4 is 5.32 Å². The molecule has 4 rings (SSSR count). The average Bonchev–Trinajstić information content (AvgIpc) is 3.60. The summed E-state index contributed by atoms with van der Waals surface area (Å²) in [5, 5.41) is 25.7. The fourth-order valence-corrected chi connectivity index (χ4v) is 14.6. The molecule has 4 fully saturated rings. The number of aliphatic hydroxyl groups excluding tert-OH is 2. The molecular weight excluding hydrogens is 759 g/mol. The molecule has 4 saturated carbocycles. The summed E-state index contributed by atoms with van der Waals surface area (Å²) in [7, 11) is 0. The number of fused-ring (bicyclic) bond motifs is 5. The number of amides is 1. The molecule has 0 saturated heterocycles. The van der Waals surface area contributed by atoms with E-state index in [2.05, 4.69) is 52.9 Å². The van der Waals surface area contributed by atoms with Gasteiger partial charge in [-0.3, -0.25) is 4.79 Å². The topological polar surface area (TPSA) is 69.6 Å². The molecule has 0 aromatic rings. The zero-order chi connectivity index (χ0) is 44.7. The first-order valence-electron chi connectivity index (χ1n) is 28.3. The lowest BCUT2D eigenvalue weighted by molar-refractivity contribution is -0.210. The summed E-state index contributed by atoms with van der Waals surface area (Å²) in [6.07, 6.45) is 51.1. The quantitative estimate of drug-likeness (QED) is 0.0446. The van der Waals surface area contributed by atoms with Crippen molar-refractivity contribution in [2.45, 2.75) is 298 Å². The van der Waals surface area contributed by atoms with Crippen LogP contribution in [0.5, 0.6) is 0 Å². The number of unbranched alkanes of at least 4 members (excludes halogenated alkanes) is 23. The number of carbonyl (C=O) groups excluding carboxylic acids is 1. The second kappa shape index (κ2) is 29.0. The molecule has 0 radical (unpaired) electrons. The van der Waals surface area contributed by atoms with E-state index in [4.69, 9.17) is 0 Å². The van der Waals surface area contributed by atoms with Crippen molar-refractivity contribution in [2.75, 3.05) is 6.54 Å². The maximum Gasteiger partial charge on any atom is 0.220 e. The molecular formula is C58H107NO3. The lowest BCUT2D eigenvalue weighted by atomic mass is 9.39. The third-order valence-corrected chi connectivity index (χ3v) is 18.7. The molecule has 4 aliphatic carbocycles. The van der Waals surface area contributed by atoms with Crippen molar-refractivity contribution in [3.8, 4) is 0 Å². The fraction of sp³-hybridized carbons (Fsp3) is 0.948. The van der Waals surface area contributed by atoms with Crippen LogP contribution in [0.2, 0.25) is 0 Å². The van der Waals surface area contributed by atoms with Gasteiger partial charge in [-0.15, -0.1) is 0 Å². The Balaban J connectivity index is 1.08. The van der Waals surface area contributed by atoms with E-state index in [0.717, 1.165) is 45.1 Å². The van der Waals surface area contributed by atoms with E-state index in [-0.39, 0.29) is 34.4 Å². The van der Waals surface area contributed by atoms with E-state index in [1.165, 1.54) is 199 Å². The van der Waals surface area contributed by atoms with Gasteiger partial charge in [-0.1, -0.05) is 188 Å². The maximum absolute atomic E-state index is 13.0. The standard InChI is InChI=1S/C58H107NO3/c1-7-9-11-13-15-17-19-21-23-26-30-34-48(33-29-25-22-20-18-16-14-12-10-8-2)35-31-27-24-28-32-44-59-54(62)39-36-47(3)50-37-38-51-55-52(41-42-57(50,51)5)58(6)43-40-49(60)45-56(58,4)46-53(55)61/h35,47,49-53,55,60-61H,7-34,36-46H2,1-6H3,(H,59,62)/b48-35+/t47-,49-,50-,51?,52?,53-,55+,56+,57-,58-/m1/s1. The molecule has 4 aliphatic rings. The Bertz CT molecular complexity index is 1230. The average molecular weight is 866 g/mol. The normalized spacial score (nSPS) is 31.4. The van der Waals surface area contributed by atoms with Gasteiger partial charge in [0.2, 0.25) is 5.91 Å². The molecule has 1 amide bonds. The minimum Gasteiger partial charge on any atom is -0.393 e. The predicted molar refractivity (Wildman–Crippen MR) is 267 cm³/mol. The molecule has 10 atom stereocenters. The molecule has 0 aliphatic heterocycles. The summed E-state index contributed by atoms with van der Waals surface area (Å²) >= 11 is 0. The van der Waals surface area contributed by atoms with Crippen molar-refractivity contribution in [1.29, 1.82) is 0 Å². The number of aliphatic hydroxyl groups is 2. The molecule has 3 N–H and O–H groups in total. The Hall–Kier alpha value is -0.870. The number of allylic oxidation sites excluding steroid dienone is 2. The predicted octanol–water partition coefficient (Wildman–Crippen LogP) is 16.8. The SMILES string of the molecule is CCCCCCCCCCCCC/C(=C/CCCCCCNC(=O)CC[C@@H](C)[C@H]1CCC2[C@H]3C(CC[C@@]21C)[C@@]1(C)CC[C@@H](O)C[C@@]1(C)C[C@H]3O)CCCCCCCCCCCC. The lowest BCUT2D eigenvalue weighted by Crippen LogP contribution is -2.62. The second-order valence-electron chi connectivity index (χ2n) is 23.3. The first-order chi connectivity index (χ1) is 30.0. The van der Waals surface area contributed by atoms with Crippen molar-refractivity contribution < 1.29 is 15.0 Å². The summed E-state index contributed by atoms with van der Waals surface area (Å²) in [6.45, 7) is 15.3. The highest BCUT2D eigenvalue weighted by Gasteiger charge is 2.65. The van der Waals surface area contributed by atoms with Crippen LogP contribution in [0, 0.1) is 45.8 Å². The minimum atomic E-state index is -0.245. The summed E-state index contributed by atoms with van der Waals surface area (Å²) in [4.78, 5) is 13.0. The molecule has 0 aromatic heterocycles. The van der Waals surface area contributed by atoms with Gasteiger partial charge >= 0.3 is 0 Å². The highest BCUT2D eigenvalue weighted by molar-refractivity contribution is 5.75. The molecule has 362 valence electrons. The van der Waals surface area contributed by atoms with Gasteiger partial charge in [0, 0.05) is 13.0 Å². The molecule has 0 spiro atoms. The third kappa shape index (κ3) is 16.5. The van der Waals surface area contributed by atoms with Crippen LogP contribution in [0.3, 0.4) is 0 Å². The highest BCUT2D eigenvalue weighted by atomic mass is 16.3. The fourth-order valence-electron chi connectivity index (χ4n) is 14.6. The number of hydrogen-bond donors (Lipinski definition) is 3. The zero-order valence-corrected chi connectivity index (χ0v) is 42.5. The Morgan fingerprint density at radius 1 is 0.613 bits per heavy atom. The van der Waals surface area contributed by atoms with E-state index in [1.54, 1.807) is 5.57 Å². The Kier molecular flexibility index (Phi) is 25.1. The molecule has 0 bridgehead atoms. The van der Waals surface area contributed by atoms with Gasteiger partial charge in [0.25, 0.3) is 0 Å². The van der Waals surface area contributed by atoms with Gasteiger partial charge in [0.05, 0.1) is 12.2 Å². The van der Waals surface area contributed by atoms with E-state index >= 15 is 0 Å². The summed E-state index contributed by atoms with van der Waals surface area (Å²) in [5.74, 6) is 2.99. The summed E-state index contributed by atoms with van der Waals surface area (Å²) in [6, 6.07) is 0. The first kappa shape index (κ1) is 53.7. The minimum absolute atomic E-state index is 0.0380. The first-order valence-corrected chi connectivity index (χ1v) is 28.3. The monoisotopic (exact) mass is 866 g/mol. The van der Waals surface area contributed by atoms with E-state index < -0.39 is 0 Å². The summed E-state index contributed by atoms with van der Waals surface area (Å²) in [5.41, 5.74) is 2.28.